The predicted octanol–water partition coefficient (Wildman–Crippen LogP) is 0.832. The van der Waals surface area contributed by atoms with Gasteiger partial charge in [-0.1, -0.05) is 6.07 Å². The average molecular weight is 233 g/mol. The van der Waals surface area contributed by atoms with Gasteiger partial charge < -0.3 is 11.1 Å². The van der Waals surface area contributed by atoms with E-state index in [1.54, 1.807) is 5.32 Å². The second-order valence-corrected chi connectivity index (χ2v) is 3.05. The quantitative estimate of drug-likeness (QED) is 0.812. The molecule has 1 amide bonds. The first-order chi connectivity index (χ1) is 7.42. The van der Waals surface area contributed by atoms with Gasteiger partial charge in [0.25, 0.3) is 5.91 Å². The Kier molecular flexibility index (Phi) is 3.83. The molecule has 88 valence electrons. The summed E-state index contributed by atoms with van der Waals surface area (Å²) < 4.78 is 35.4. The lowest BCUT2D eigenvalue weighted by molar-refractivity contribution is -0.123. The van der Waals surface area contributed by atoms with Gasteiger partial charge in [-0.2, -0.15) is 13.2 Å². The van der Waals surface area contributed by atoms with Gasteiger partial charge in [0.15, 0.2) is 0 Å². The summed E-state index contributed by atoms with van der Waals surface area (Å²) >= 11 is 0. The topological polar surface area (TPSA) is 68.0 Å². The van der Waals surface area contributed by atoms with Crippen molar-refractivity contribution >= 4 is 5.91 Å². The molecule has 7 heteroatoms. The first-order valence-electron chi connectivity index (χ1n) is 4.42. The molecule has 0 radical (unpaired) electrons. The number of nitrogens with two attached hydrogens (primary N) is 1. The molecule has 0 bridgehead atoms. The summed E-state index contributed by atoms with van der Waals surface area (Å²) in [5, 5.41) is 1.72. The smallest absolute Gasteiger partial charge is 0.342 e. The Hall–Kier alpha value is -1.63. The third-order valence-electron chi connectivity index (χ3n) is 1.74. The van der Waals surface area contributed by atoms with Crippen LogP contribution in [0.25, 0.3) is 0 Å². The Bertz CT molecular complexity index is 361. The van der Waals surface area contributed by atoms with Crippen LogP contribution in [-0.4, -0.2) is 23.6 Å². The molecule has 0 aromatic carbocycles. The molecule has 0 aliphatic rings. The zero-order chi connectivity index (χ0) is 12.2. The minimum atomic E-state index is -4.42. The second-order valence-electron chi connectivity index (χ2n) is 3.05. The molecule has 1 rings (SSSR count). The van der Waals surface area contributed by atoms with Crippen molar-refractivity contribution in [3.8, 4) is 0 Å². The summed E-state index contributed by atoms with van der Waals surface area (Å²) in [5.74, 6) is -0.860. The lowest BCUT2D eigenvalue weighted by atomic mass is 10.2. The average Bonchev–Trinajstić information content (AvgIpc) is 2.25. The van der Waals surface area contributed by atoms with Crippen LogP contribution < -0.4 is 11.1 Å². The van der Waals surface area contributed by atoms with Crippen LogP contribution in [0.4, 0.5) is 13.2 Å². The minimum absolute atomic E-state index is 0.0681. The lowest BCUT2D eigenvalue weighted by Crippen LogP contribution is -2.34. The fourth-order valence-corrected chi connectivity index (χ4v) is 0.951. The molecule has 4 nitrogen and oxygen atoms in total. The van der Waals surface area contributed by atoms with Crippen LogP contribution in [0.1, 0.15) is 16.1 Å². The van der Waals surface area contributed by atoms with Gasteiger partial charge in [0.1, 0.15) is 12.2 Å². The highest BCUT2D eigenvalue weighted by Crippen LogP contribution is 2.12. The molecule has 1 aromatic rings. The second kappa shape index (κ2) is 4.93. The largest absolute Gasteiger partial charge is 0.405 e. The highest BCUT2D eigenvalue weighted by Gasteiger charge is 2.28. The number of alkyl halides is 3. The summed E-state index contributed by atoms with van der Waals surface area (Å²) in [5.41, 5.74) is 5.94. The van der Waals surface area contributed by atoms with Gasteiger partial charge in [0, 0.05) is 12.7 Å². The van der Waals surface area contributed by atoms with Crippen LogP contribution in [-0.2, 0) is 6.54 Å². The zero-order valence-electron chi connectivity index (χ0n) is 8.21. The van der Waals surface area contributed by atoms with E-state index in [0.29, 0.717) is 5.56 Å². The molecule has 3 N–H and O–H groups in total. The summed E-state index contributed by atoms with van der Waals surface area (Å²) in [7, 11) is 0. The molecule has 0 saturated carbocycles. The molecule has 0 aliphatic carbocycles. The van der Waals surface area contributed by atoms with Crippen LogP contribution in [0.15, 0.2) is 18.3 Å². The number of carbonyl (C=O) groups is 1. The summed E-state index contributed by atoms with van der Waals surface area (Å²) in [6.07, 6.45) is -3.07. The first kappa shape index (κ1) is 12.4. The summed E-state index contributed by atoms with van der Waals surface area (Å²) in [6.45, 7) is -1.11. The molecule has 0 aliphatic heterocycles. The Balaban J connectivity index is 2.59. The first-order valence-corrected chi connectivity index (χ1v) is 4.42. The van der Waals surface area contributed by atoms with E-state index < -0.39 is 18.6 Å². The number of halogens is 3. The number of rotatable bonds is 3. The van der Waals surface area contributed by atoms with Gasteiger partial charge in [0.05, 0.1) is 0 Å². The number of carbonyl (C=O) groups excluding carboxylic acids is 1. The number of aromatic nitrogens is 1. The van der Waals surface area contributed by atoms with E-state index in [-0.39, 0.29) is 12.2 Å². The SMILES string of the molecule is NCc1ccc(C(=O)NCC(F)(F)F)nc1. The van der Waals surface area contributed by atoms with Gasteiger partial charge in [-0.05, 0) is 11.6 Å². The lowest BCUT2D eigenvalue weighted by Gasteiger charge is -2.07. The van der Waals surface area contributed by atoms with Crippen molar-refractivity contribution in [2.75, 3.05) is 6.54 Å². The van der Waals surface area contributed by atoms with Gasteiger partial charge in [-0.15, -0.1) is 0 Å². The molecule has 1 heterocycles. The van der Waals surface area contributed by atoms with Gasteiger partial charge in [-0.25, -0.2) is 0 Å². The fraction of sp³-hybridized carbons (Fsp3) is 0.333. The molecule has 0 spiro atoms. The normalized spacial score (nSPS) is 11.2. The van der Waals surface area contributed by atoms with Crippen LogP contribution in [0.2, 0.25) is 0 Å². The molecule has 16 heavy (non-hydrogen) atoms. The van der Waals surface area contributed by atoms with Crippen LogP contribution >= 0.6 is 0 Å². The number of hydrogen-bond acceptors (Lipinski definition) is 3. The molecule has 0 saturated heterocycles. The third kappa shape index (κ3) is 3.85. The number of hydrogen-bond donors (Lipinski definition) is 2. The molecule has 0 fully saturated rings. The number of nitrogens with one attached hydrogen (secondary N) is 1. The Morgan fingerprint density at radius 1 is 1.44 bits per heavy atom. The van der Waals surface area contributed by atoms with Crippen molar-refractivity contribution in [3.05, 3.63) is 29.6 Å². The van der Waals surface area contributed by atoms with Crippen molar-refractivity contribution < 1.29 is 18.0 Å². The van der Waals surface area contributed by atoms with E-state index in [4.69, 9.17) is 5.73 Å². The van der Waals surface area contributed by atoms with E-state index in [9.17, 15) is 18.0 Å². The maximum absolute atomic E-state index is 11.8. The zero-order valence-corrected chi connectivity index (χ0v) is 8.21. The minimum Gasteiger partial charge on any atom is -0.342 e. The maximum atomic E-state index is 11.8. The summed E-state index contributed by atoms with van der Waals surface area (Å²) in [4.78, 5) is 14.9. The predicted molar refractivity (Wildman–Crippen MR) is 50.5 cm³/mol. The van der Waals surface area contributed by atoms with E-state index >= 15 is 0 Å². The van der Waals surface area contributed by atoms with E-state index in [1.807, 2.05) is 0 Å². The van der Waals surface area contributed by atoms with E-state index in [2.05, 4.69) is 4.98 Å². The Morgan fingerprint density at radius 2 is 2.12 bits per heavy atom. The fourth-order valence-electron chi connectivity index (χ4n) is 0.951. The van der Waals surface area contributed by atoms with Crippen molar-refractivity contribution in [2.45, 2.75) is 12.7 Å². The Morgan fingerprint density at radius 3 is 2.56 bits per heavy atom. The van der Waals surface area contributed by atoms with Crippen molar-refractivity contribution in [1.29, 1.82) is 0 Å². The molecular weight excluding hydrogens is 223 g/mol. The van der Waals surface area contributed by atoms with E-state index in [0.717, 1.165) is 0 Å². The van der Waals surface area contributed by atoms with E-state index in [1.165, 1.54) is 18.3 Å². The van der Waals surface area contributed by atoms with Gasteiger partial charge in [0.2, 0.25) is 0 Å². The standard InChI is InChI=1S/C9H10F3N3O/c10-9(11,12)5-15-8(16)7-2-1-6(3-13)4-14-7/h1-2,4H,3,5,13H2,(H,15,16). The summed E-state index contributed by atoms with van der Waals surface area (Å²) in [6, 6.07) is 2.86. The van der Waals surface area contributed by atoms with Crippen LogP contribution in [0.3, 0.4) is 0 Å². The highest BCUT2D eigenvalue weighted by atomic mass is 19.4. The maximum Gasteiger partial charge on any atom is 0.405 e. The van der Waals surface area contributed by atoms with Crippen molar-refractivity contribution in [3.63, 3.8) is 0 Å². The van der Waals surface area contributed by atoms with Crippen LogP contribution in [0, 0.1) is 0 Å². The Labute approximate surface area is 89.7 Å². The molecule has 0 atom stereocenters. The van der Waals surface area contributed by atoms with Crippen molar-refractivity contribution in [2.24, 2.45) is 5.73 Å². The highest BCUT2D eigenvalue weighted by molar-refractivity contribution is 5.92. The van der Waals surface area contributed by atoms with Gasteiger partial charge in [-0.3, -0.25) is 9.78 Å². The number of amides is 1. The monoisotopic (exact) mass is 233 g/mol. The third-order valence-corrected chi connectivity index (χ3v) is 1.74. The van der Waals surface area contributed by atoms with Gasteiger partial charge >= 0.3 is 6.18 Å². The molecule has 1 aromatic heterocycles. The van der Waals surface area contributed by atoms with Crippen LogP contribution in [0.5, 0.6) is 0 Å². The molecule has 0 unspecified atom stereocenters. The van der Waals surface area contributed by atoms with Crippen molar-refractivity contribution in [1.82, 2.24) is 10.3 Å². The number of nitrogens with zero attached hydrogens (tertiary/aromatic N) is 1. The number of pyridine rings is 1. The molecular formula is C9H10F3N3O.